The van der Waals surface area contributed by atoms with Gasteiger partial charge in [-0.05, 0) is 49.1 Å². The van der Waals surface area contributed by atoms with Crippen LogP contribution in [0.2, 0.25) is 0 Å². The van der Waals surface area contributed by atoms with Gasteiger partial charge in [-0.15, -0.1) is 11.3 Å². The molecule has 0 saturated carbocycles. The van der Waals surface area contributed by atoms with Gasteiger partial charge in [0.25, 0.3) is 5.56 Å². The Kier molecular flexibility index (Phi) is 4.58. The summed E-state index contributed by atoms with van der Waals surface area (Å²) in [6.45, 7) is 0. The molecular formula is C19H18N2O3S2. The highest BCUT2D eigenvalue weighted by Gasteiger charge is 2.22. The second-order valence-corrected chi connectivity index (χ2v) is 8.26. The number of hydrogen-bond acceptors (Lipinski definition) is 6. The molecule has 5 nitrogen and oxygen atoms in total. The summed E-state index contributed by atoms with van der Waals surface area (Å²) in [5, 5.41) is 1.36. The van der Waals surface area contributed by atoms with E-state index in [1.807, 2.05) is 0 Å². The van der Waals surface area contributed by atoms with Gasteiger partial charge in [0, 0.05) is 17.5 Å². The van der Waals surface area contributed by atoms with Crippen molar-refractivity contribution in [2.75, 3.05) is 12.9 Å². The molecule has 0 fully saturated rings. The lowest BCUT2D eigenvalue weighted by Crippen LogP contribution is -2.20. The third-order valence-corrected chi connectivity index (χ3v) is 6.87. The fourth-order valence-electron chi connectivity index (χ4n) is 3.23. The second-order valence-electron chi connectivity index (χ2n) is 6.24. The third kappa shape index (κ3) is 2.95. The first kappa shape index (κ1) is 17.3. The number of carbonyl (C=O) groups excluding carboxylic acids is 1. The van der Waals surface area contributed by atoms with Crippen LogP contribution >= 0.6 is 23.1 Å². The summed E-state index contributed by atoms with van der Waals surface area (Å²) in [7, 11) is 3.32. The fraction of sp³-hybridized carbons (Fsp3) is 0.316. The van der Waals surface area contributed by atoms with Gasteiger partial charge in [0.05, 0.1) is 18.2 Å². The van der Waals surface area contributed by atoms with E-state index in [1.165, 1.54) is 22.2 Å². The van der Waals surface area contributed by atoms with Gasteiger partial charge in [-0.2, -0.15) is 0 Å². The highest BCUT2D eigenvalue weighted by Crippen LogP contribution is 2.35. The van der Waals surface area contributed by atoms with Crippen molar-refractivity contribution in [2.45, 2.75) is 24.4 Å². The first-order chi connectivity index (χ1) is 12.6. The smallest absolute Gasteiger partial charge is 0.262 e. The summed E-state index contributed by atoms with van der Waals surface area (Å²) >= 11 is 2.93. The summed E-state index contributed by atoms with van der Waals surface area (Å²) in [4.78, 5) is 31.9. The van der Waals surface area contributed by atoms with Gasteiger partial charge < -0.3 is 4.74 Å². The average molecular weight is 386 g/mol. The lowest BCUT2D eigenvalue weighted by atomic mass is 10.1. The van der Waals surface area contributed by atoms with Crippen LogP contribution in [0.1, 0.15) is 27.2 Å². The highest BCUT2D eigenvalue weighted by atomic mass is 32.2. The molecule has 0 radical (unpaired) electrons. The number of carbonyl (C=O) groups is 1. The van der Waals surface area contributed by atoms with Crippen molar-refractivity contribution in [1.82, 2.24) is 9.55 Å². The Morgan fingerprint density at radius 3 is 2.81 bits per heavy atom. The van der Waals surface area contributed by atoms with E-state index in [2.05, 4.69) is 4.98 Å². The molecule has 1 aliphatic rings. The van der Waals surface area contributed by atoms with Crippen molar-refractivity contribution in [3.05, 3.63) is 50.6 Å². The zero-order valence-electron chi connectivity index (χ0n) is 14.6. The SMILES string of the molecule is COc1ccc(C(=O)CSc2nc3sc4c(c3c(=O)n2C)CCC4)cc1. The van der Waals surface area contributed by atoms with Crippen molar-refractivity contribution in [3.63, 3.8) is 0 Å². The molecule has 0 amide bonds. The number of thiophene rings is 1. The first-order valence-electron chi connectivity index (χ1n) is 8.40. The van der Waals surface area contributed by atoms with E-state index in [0.717, 1.165) is 35.2 Å². The van der Waals surface area contributed by atoms with Gasteiger partial charge in [0.1, 0.15) is 10.6 Å². The Balaban J connectivity index is 1.58. The van der Waals surface area contributed by atoms with Crippen molar-refractivity contribution in [2.24, 2.45) is 7.05 Å². The molecule has 4 rings (SSSR count). The first-order valence-corrected chi connectivity index (χ1v) is 10.2. The largest absolute Gasteiger partial charge is 0.497 e. The van der Waals surface area contributed by atoms with Crippen LogP contribution in [0.25, 0.3) is 10.2 Å². The van der Waals surface area contributed by atoms with Crippen molar-refractivity contribution in [1.29, 1.82) is 0 Å². The number of nitrogens with zero attached hydrogens (tertiary/aromatic N) is 2. The van der Waals surface area contributed by atoms with Crippen LogP contribution in [0.3, 0.4) is 0 Å². The maximum absolute atomic E-state index is 12.8. The van der Waals surface area contributed by atoms with E-state index in [9.17, 15) is 9.59 Å². The Morgan fingerprint density at radius 2 is 2.08 bits per heavy atom. The van der Waals surface area contributed by atoms with Crippen molar-refractivity contribution >= 4 is 39.1 Å². The lowest BCUT2D eigenvalue weighted by Gasteiger charge is -2.07. The number of fused-ring (bicyclic) bond motifs is 3. The molecule has 3 aromatic rings. The summed E-state index contributed by atoms with van der Waals surface area (Å²) in [6, 6.07) is 7.04. The predicted octanol–water partition coefficient (Wildman–Crippen LogP) is 3.47. The van der Waals surface area contributed by atoms with Crippen LogP contribution in [-0.4, -0.2) is 28.2 Å². The molecule has 0 spiro atoms. The molecule has 0 saturated heterocycles. The molecule has 0 N–H and O–H groups in total. The van der Waals surface area contributed by atoms with Crippen LogP contribution in [0.5, 0.6) is 5.75 Å². The molecular weight excluding hydrogens is 368 g/mol. The molecule has 2 aromatic heterocycles. The summed E-state index contributed by atoms with van der Waals surface area (Å²) in [5.41, 5.74) is 1.80. The number of aryl methyl sites for hydroxylation is 2. The number of methoxy groups -OCH3 is 1. The quantitative estimate of drug-likeness (QED) is 0.382. The second kappa shape index (κ2) is 6.89. The van der Waals surface area contributed by atoms with E-state index in [0.29, 0.717) is 10.7 Å². The Bertz CT molecular complexity index is 1050. The minimum Gasteiger partial charge on any atom is -0.497 e. The standard InChI is InChI=1S/C19H18N2O3S2/c1-21-18(23)16-13-4-3-5-15(13)26-17(16)20-19(21)25-10-14(22)11-6-8-12(24-2)9-7-11/h6-9H,3-5,10H2,1-2H3. The number of ether oxygens (including phenoxy) is 1. The number of hydrogen-bond donors (Lipinski definition) is 0. The fourth-order valence-corrected chi connectivity index (χ4v) is 5.39. The predicted molar refractivity (Wildman–Crippen MR) is 105 cm³/mol. The number of benzene rings is 1. The minimum atomic E-state index is -0.00574. The Hall–Kier alpha value is -2.12. The number of thioether (sulfide) groups is 1. The normalized spacial score (nSPS) is 13.2. The number of Topliss-reactive ketones (excluding diaryl/α,β-unsaturated/α-hetero) is 1. The summed E-state index contributed by atoms with van der Waals surface area (Å²) < 4.78 is 6.68. The van der Waals surface area contributed by atoms with E-state index < -0.39 is 0 Å². The van der Waals surface area contributed by atoms with Crippen molar-refractivity contribution in [3.8, 4) is 5.75 Å². The van der Waals surface area contributed by atoms with Crippen LogP contribution in [0, 0.1) is 0 Å². The Morgan fingerprint density at radius 1 is 1.31 bits per heavy atom. The number of rotatable bonds is 5. The average Bonchev–Trinajstić information content (AvgIpc) is 3.24. The van der Waals surface area contributed by atoms with Gasteiger partial charge >= 0.3 is 0 Å². The van der Waals surface area contributed by atoms with Gasteiger partial charge in [-0.1, -0.05) is 11.8 Å². The van der Waals surface area contributed by atoms with Gasteiger partial charge in [0.15, 0.2) is 10.9 Å². The van der Waals surface area contributed by atoms with Crippen molar-refractivity contribution < 1.29 is 9.53 Å². The number of ketones is 1. The van der Waals surface area contributed by atoms with Gasteiger partial charge in [-0.3, -0.25) is 14.2 Å². The lowest BCUT2D eigenvalue weighted by molar-refractivity contribution is 0.102. The molecule has 1 aromatic carbocycles. The molecule has 0 aliphatic heterocycles. The molecule has 7 heteroatoms. The molecule has 2 heterocycles. The van der Waals surface area contributed by atoms with E-state index in [-0.39, 0.29) is 17.1 Å². The summed E-state index contributed by atoms with van der Waals surface area (Å²) in [6.07, 6.45) is 3.12. The molecule has 0 unspecified atom stereocenters. The maximum atomic E-state index is 12.8. The van der Waals surface area contributed by atoms with Crippen LogP contribution in [-0.2, 0) is 19.9 Å². The van der Waals surface area contributed by atoms with Gasteiger partial charge in [-0.25, -0.2) is 4.98 Å². The molecule has 1 aliphatic carbocycles. The number of aromatic nitrogens is 2. The minimum absolute atomic E-state index is 0.000623. The van der Waals surface area contributed by atoms with Crippen LogP contribution in [0.4, 0.5) is 0 Å². The zero-order valence-corrected chi connectivity index (χ0v) is 16.2. The molecule has 0 atom stereocenters. The Labute approximate surface area is 159 Å². The maximum Gasteiger partial charge on any atom is 0.262 e. The monoisotopic (exact) mass is 386 g/mol. The molecule has 134 valence electrons. The van der Waals surface area contributed by atoms with E-state index in [4.69, 9.17) is 4.74 Å². The topological polar surface area (TPSA) is 61.2 Å². The molecule has 0 bridgehead atoms. The zero-order chi connectivity index (χ0) is 18.3. The molecule has 26 heavy (non-hydrogen) atoms. The summed E-state index contributed by atoms with van der Waals surface area (Å²) in [5.74, 6) is 0.957. The van der Waals surface area contributed by atoms with Gasteiger partial charge in [0.2, 0.25) is 0 Å². The van der Waals surface area contributed by atoms with E-state index in [1.54, 1.807) is 54.3 Å². The third-order valence-electron chi connectivity index (χ3n) is 4.65. The van der Waals surface area contributed by atoms with Crippen LogP contribution in [0.15, 0.2) is 34.2 Å². The highest BCUT2D eigenvalue weighted by molar-refractivity contribution is 7.99. The van der Waals surface area contributed by atoms with Crippen LogP contribution < -0.4 is 10.3 Å². The van der Waals surface area contributed by atoms with E-state index >= 15 is 0 Å².